The molecule has 0 saturated carbocycles. The van der Waals surface area contributed by atoms with Crippen LogP contribution in [0.25, 0.3) is 10.9 Å². The number of aromatic amines is 1. The summed E-state index contributed by atoms with van der Waals surface area (Å²) >= 11 is 1.59. The van der Waals surface area contributed by atoms with Crippen LogP contribution in [0, 0.1) is 5.92 Å². The van der Waals surface area contributed by atoms with Crippen molar-refractivity contribution in [2.24, 2.45) is 5.92 Å². The number of para-hydroxylation sites is 1. The zero-order valence-electron chi connectivity index (χ0n) is 20.6. The van der Waals surface area contributed by atoms with Crippen molar-refractivity contribution < 1.29 is 18.3 Å². The van der Waals surface area contributed by atoms with E-state index in [9.17, 15) is 13.6 Å². The van der Waals surface area contributed by atoms with Crippen LogP contribution < -0.4 is 0 Å². The lowest BCUT2D eigenvalue weighted by molar-refractivity contribution is -0.000783. The first kappa shape index (κ1) is 24.2. The van der Waals surface area contributed by atoms with E-state index in [4.69, 9.17) is 9.72 Å². The zero-order chi connectivity index (χ0) is 24.9. The first-order chi connectivity index (χ1) is 16.6. The second-order valence-electron chi connectivity index (χ2n) is 10.7. The smallest absolute Gasteiger partial charge is 0.410 e. The highest BCUT2D eigenvalue weighted by molar-refractivity contribution is 7.11. The highest BCUT2D eigenvalue weighted by atomic mass is 32.1. The van der Waals surface area contributed by atoms with Gasteiger partial charge in [-0.15, -0.1) is 11.3 Å². The fourth-order valence-electron chi connectivity index (χ4n) is 5.22. The summed E-state index contributed by atoms with van der Waals surface area (Å²) in [6.07, 6.45) is 0.720. The number of likely N-dealkylation sites (tertiary alicyclic amines) is 1. The van der Waals surface area contributed by atoms with Crippen LogP contribution in [-0.2, 0) is 17.6 Å². The minimum atomic E-state index is -2.42. The number of nitrogens with one attached hydrogen (secondary N) is 1. The van der Waals surface area contributed by atoms with Crippen LogP contribution in [0.4, 0.5) is 13.6 Å². The molecule has 2 aliphatic rings. The number of carbonyl (C=O) groups excluding carboxylic acids is 1. The summed E-state index contributed by atoms with van der Waals surface area (Å²) in [7, 11) is 0. The number of thiazole rings is 1. The van der Waals surface area contributed by atoms with E-state index in [-0.39, 0.29) is 24.7 Å². The Bertz CT molecular complexity index is 1210. The van der Waals surface area contributed by atoms with E-state index < -0.39 is 12.0 Å². The summed E-state index contributed by atoms with van der Waals surface area (Å²) in [5.74, 6) is 0.349. The molecule has 0 bridgehead atoms. The van der Waals surface area contributed by atoms with Crippen LogP contribution in [0.5, 0.6) is 0 Å². The van der Waals surface area contributed by atoms with E-state index in [0.717, 1.165) is 39.3 Å². The van der Waals surface area contributed by atoms with Crippen LogP contribution >= 0.6 is 11.3 Å². The van der Waals surface area contributed by atoms with Gasteiger partial charge in [0.2, 0.25) is 0 Å². The Labute approximate surface area is 208 Å². The fourth-order valence-corrected chi connectivity index (χ4v) is 6.38. The Morgan fingerprint density at radius 1 is 1.29 bits per heavy atom. The Hall–Kier alpha value is -2.52. The second kappa shape index (κ2) is 9.17. The van der Waals surface area contributed by atoms with Crippen LogP contribution in [0.2, 0.25) is 0 Å². The van der Waals surface area contributed by atoms with E-state index in [1.165, 1.54) is 5.56 Å². The molecule has 2 aromatic heterocycles. The fraction of sp³-hybridized carbons (Fsp3) is 0.538. The molecule has 0 aliphatic carbocycles. The number of carbonyl (C=O) groups is 1. The summed E-state index contributed by atoms with van der Waals surface area (Å²) in [5.41, 5.74) is 2.71. The molecule has 35 heavy (non-hydrogen) atoms. The summed E-state index contributed by atoms with van der Waals surface area (Å²) in [6, 6.07) is 7.78. The lowest BCUT2D eigenvalue weighted by Crippen LogP contribution is -2.52. The molecule has 1 amide bonds. The predicted molar refractivity (Wildman–Crippen MR) is 133 cm³/mol. The third-order valence-electron chi connectivity index (χ3n) is 6.77. The predicted octanol–water partition coefficient (Wildman–Crippen LogP) is 5.63. The van der Waals surface area contributed by atoms with Gasteiger partial charge in [-0.05, 0) is 58.1 Å². The molecule has 6 nitrogen and oxygen atoms in total. The number of halogens is 2. The zero-order valence-corrected chi connectivity index (χ0v) is 21.4. The van der Waals surface area contributed by atoms with Gasteiger partial charge in [0.1, 0.15) is 16.7 Å². The molecule has 188 valence electrons. The first-order valence-electron chi connectivity index (χ1n) is 12.1. The number of H-pyrrole nitrogens is 1. The number of nitrogens with zero attached hydrogens (tertiary/aromatic N) is 3. The van der Waals surface area contributed by atoms with E-state index in [2.05, 4.69) is 11.1 Å². The van der Waals surface area contributed by atoms with E-state index in [0.29, 0.717) is 19.0 Å². The van der Waals surface area contributed by atoms with Crippen molar-refractivity contribution in [1.82, 2.24) is 19.8 Å². The number of hydrogen-bond acceptors (Lipinski definition) is 5. The summed E-state index contributed by atoms with van der Waals surface area (Å²) < 4.78 is 32.6. The van der Waals surface area contributed by atoms with Gasteiger partial charge in [-0.3, -0.25) is 4.90 Å². The van der Waals surface area contributed by atoms with Crippen molar-refractivity contribution in [2.75, 3.05) is 19.6 Å². The number of alkyl halides is 2. The molecule has 4 heterocycles. The highest BCUT2D eigenvalue weighted by Gasteiger charge is 2.39. The maximum Gasteiger partial charge on any atom is 0.410 e. The Kier molecular flexibility index (Phi) is 6.34. The number of ether oxygens (including phenoxy) is 1. The van der Waals surface area contributed by atoms with Crippen molar-refractivity contribution in [3.8, 4) is 0 Å². The summed E-state index contributed by atoms with van der Waals surface area (Å²) in [4.78, 5) is 25.2. The van der Waals surface area contributed by atoms with Crippen molar-refractivity contribution in [1.29, 1.82) is 0 Å². The van der Waals surface area contributed by atoms with Crippen LogP contribution in [0.3, 0.4) is 0 Å². The maximum absolute atomic E-state index is 13.6. The van der Waals surface area contributed by atoms with Crippen molar-refractivity contribution >= 4 is 28.3 Å². The number of rotatable bonds is 5. The molecule has 0 radical (unpaired) electrons. The van der Waals surface area contributed by atoms with Gasteiger partial charge in [-0.1, -0.05) is 18.2 Å². The van der Waals surface area contributed by atoms with E-state index in [1.807, 2.05) is 57.0 Å². The molecule has 0 spiro atoms. The molecule has 5 rings (SSSR count). The maximum atomic E-state index is 13.6. The van der Waals surface area contributed by atoms with E-state index >= 15 is 0 Å². The topological polar surface area (TPSA) is 61.5 Å². The summed E-state index contributed by atoms with van der Waals surface area (Å²) in [6.45, 7) is 8.64. The third kappa shape index (κ3) is 4.93. The van der Waals surface area contributed by atoms with Crippen LogP contribution in [0.15, 0.2) is 30.5 Å². The average molecular weight is 503 g/mol. The van der Waals surface area contributed by atoms with Gasteiger partial charge in [0.15, 0.2) is 0 Å². The van der Waals surface area contributed by atoms with Gasteiger partial charge in [-0.2, -0.15) is 0 Å². The molecule has 1 N–H and O–H groups in total. The minimum absolute atomic E-state index is 0.0259. The second-order valence-corrected chi connectivity index (χ2v) is 11.9. The molecule has 2 aliphatic heterocycles. The van der Waals surface area contributed by atoms with Crippen molar-refractivity contribution in [3.63, 3.8) is 0 Å². The number of hydrogen-bond donors (Lipinski definition) is 1. The monoisotopic (exact) mass is 502 g/mol. The van der Waals surface area contributed by atoms with Crippen LogP contribution in [-0.4, -0.2) is 63.6 Å². The SMILES string of the molecule is C[C@@H]1Cc2c([nH]c3ccccc23)[C@@H](c2ncc(CC3CN(C(=O)OC(C)(C)C)C3)s2)N1CC(F)F. The van der Waals surface area contributed by atoms with Crippen LogP contribution in [0.1, 0.15) is 54.9 Å². The van der Waals surface area contributed by atoms with Gasteiger partial charge < -0.3 is 14.6 Å². The number of benzene rings is 1. The molecule has 2 atom stereocenters. The van der Waals surface area contributed by atoms with Gasteiger partial charge in [0.25, 0.3) is 6.43 Å². The number of fused-ring (bicyclic) bond motifs is 3. The molecule has 1 saturated heterocycles. The lowest BCUT2D eigenvalue weighted by atomic mass is 9.92. The molecule has 1 fully saturated rings. The van der Waals surface area contributed by atoms with Gasteiger partial charge in [0.05, 0.1) is 6.54 Å². The van der Waals surface area contributed by atoms with Gasteiger partial charge in [0, 0.05) is 46.8 Å². The molecule has 3 aromatic rings. The molecular weight excluding hydrogens is 470 g/mol. The molecule has 0 unspecified atom stereocenters. The van der Waals surface area contributed by atoms with Crippen molar-refractivity contribution in [2.45, 2.75) is 64.6 Å². The Balaban J connectivity index is 1.35. The van der Waals surface area contributed by atoms with Gasteiger partial charge >= 0.3 is 6.09 Å². The Morgan fingerprint density at radius 3 is 2.74 bits per heavy atom. The normalized spacial score (nSPS) is 21.4. The van der Waals surface area contributed by atoms with E-state index in [1.54, 1.807) is 16.2 Å². The Morgan fingerprint density at radius 2 is 2.03 bits per heavy atom. The molecule has 9 heteroatoms. The molecular formula is C26H32F2N4O2S. The van der Waals surface area contributed by atoms with Gasteiger partial charge in [-0.25, -0.2) is 18.6 Å². The number of amides is 1. The lowest BCUT2D eigenvalue weighted by Gasteiger charge is -2.40. The third-order valence-corrected chi connectivity index (χ3v) is 7.84. The van der Waals surface area contributed by atoms with Crippen molar-refractivity contribution in [3.05, 3.63) is 51.6 Å². The average Bonchev–Trinajstić information content (AvgIpc) is 3.34. The summed E-state index contributed by atoms with van der Waals surface area (Å²) in [5, 5.41) is 1.99. The largest absolute Gasteiger partial charge is 0.444 e. The standard InChI is InChI=1S/C26H32F2N4O2S/c1-15-9-19-18-7-5-6-8-20(18)30-22(19)23(32(15)14-21(27)28)24-29-11-17(35-24)10-16-12-31(13-16)25(33)34-26(2,3)4/h5-8,11,15-16,21,23,30H,9-10,12-14H2,1-4H3/t15-,23+/m1/s1. The number of aromatic nitrogens is 2. The first-order valence-corrected chi connectivity index (χ1v) is 13.0. The highest BCUT2D eigenvalue weighted by Crippen LogP contribution is 2.42. The molecule has 1 aromatic carbocycles. The minimum Gasteiger partial charge on any atom is -0.444 e. The quantitative estimate of drug-likeness (QED) is 0.491.